The number of ether oxygens (including phenoxy) is 1. The fourth-order valence-electron chi connectivity index (χ4n) is 0.752. The summed E-state index contributed by atoms with van der Waals surface area (Å²) in [6, 6.07) is 5.16. The quantitative estimate of drug-likeness (QED) is 0.639. The molecule has 0 aromatic carbocycles. The van der Waals surface area contributed by atoms with Gasteiger partial charge in [0, 0.05) is 6.20 Å². The summed E-state index contributed by atoms with van der Waals surface area (Å²) < 4.78 is 4.88. The number of rotatable bonds is 3. The number of carbonyl (C=O) groups is 1. The molecule has 1 aromatic heterocycles. The first-order chi connectivity index (χ1) is 5.84. The van der Waals surface area contributed by atoms with Crippen LogP contribution in [0.25, 0.3) is 0 Å². The maximum atomic E-state index is 11.1. The van der Waals surface area contributed by atoms with Crippen LogP contribution in [0.1, 0.15) is 23.8 Å². The van der Waals surface area contributed by atoms with Crippen molar-refractivity contribution in [2.24, 2.45) is 0 Å². The summed E-state index contributed by atoms with van der Waals surface area (Å²) >= 11 is 0. The van der Waals surface area contributed by atoms with Crippen molar-refractivity contribution in [3.05, 3.63) is 30.1 Å². The first-order valence-corrected chi connectivity index (χ1v) is 3.92. The second-order valence-electron chi connectivity index (χ2n) is 2.35. The third-order valence-electron chi connectivity index (χ3n) is 1.31. The van der Waals surface area contributed by atoms with Gasteiger partial charge < -0.3 is 4.74 Å². The Morgan fingerprint density at radius 3 is 3.00 bits per heavy atom. The summed E-state index contributed by atoms with van der Waals surface area (Å²) in [6.45, 7) is 2.40. The normalized spacial score (nSPS) is 9.42. The highest BCUT2D eigenvalue weighted by Gasteiger charge is 2.05. The van der Waals surface area contributed by atoms with Gasteiger partial charge in [-0.1, -0.05) is 13.0 Å². The van der Waals surface area contributed by atoms with E-state index in [1.54, 1.807) is 24.4 Å². The zero-order chi connectivity index (χ0) is 8.81. The molecule has 0 N–H and O–H groups in total. The standard InChI is InChI=1S/C9H11NO2/c1-2-7-12-9(11)8-5-3-4-6-10-8/h3-6H,2,7H2,1H3. The molecular weight excluding hydrogens is 154 g/mol. The molecule has 0 unspecified atom stereocenters. The Bertz CT molecular complexity index is 246. The number of hydrogen-bond donors (Lipinski definition) is 0. The predicted molar refractivity (Wildman–Crippen MR) is 44.8 cm³/mol. The van der Waals surface area contributed by atoms with Crippen LogP contribution in [0.15, 0.2) is 24.4 Å². The molecule has 0 saturated heterocycles. The Morgan fingerprint density at radius 1 is 1.58 bits per heavy atom. The predicted octanol–water partition coefficient (Wildman–Crippen LogP) is 1.65. The average molecular weight is 165 g/mol. The zero-order valence-corrected chi connectivity index (χ0v) is 6.99. The zero-order valence-electron chi connectivity index (χ0n) is 6.99. The first kappa shape index (κ1) is 8.71. The van der Waals surface area contributed by atoms with E-state index in [0.29, 0.717) is 12.3 Å². The van der Waals surface area contributed by atoms with Gasteiger partial charge in [-0.3, -0.25) is 0 Å². The summed E-state index contributed by atoms with van der Waals surface area (Å²) in [5, 5.41) is 0. The van der Waals surface area contributed by atoms with Crippen LogP contribution in [0.2, 0.25) is 0 Å². The minimum atomic E-state index is -0.350. The van der Waals surface area contributed by atoms with E-state index in [0.717, 1.165) is 6.42 Å². The minimum Gasteiger partial charge on any atom is -0.461 e. The Kier molecular flexibility index (Phi) is 3.26. The minimum absolute atomic E-state index is 0.350. The molecule has 1 aromatic rings. The van der Waals surface area contributed by atoms with Gasteiger partial charge in [0.1, 0.15) is 5.69 Å². The van der Waals surface area contributed by atoms with Gasteiger partial charge in [0.25, 0.3) is 0 Å². The lowest BCUT2D eigenvalue weighted by molar-refractivity contribution is 0.0498. The Labute approximate surface area is 71.4 Å². The van der Waals surface area contributed by atoms with Crippen LogP contribution in [0.4, 0.5) is 0 Å². The summed E-state index contributed by atoms with van der Waals surface area (Å²) in [5.41, 5.74) is 0.367. The molecule has 12 heavy (non-hydrogen) atoms. The van der Waals surface area contributed by atoms with Crippen LogP contribution < -0.4 is 0 Å². The number of aromatic nitrogens is 1. The fraction of sp³-hybridized carbons (Fsp3) is 0.333. The summed E-state index contributed by atoms with van der Waals surface area (Å²) in [7, 11) is 0. The van der Waals surface area contributed by atoms with E-state index in [2.05, 4.69) is 4.98 Å². The third-order valence-corrected chi connectivity index (χ3v) is 1.31. The summed E-state index contributed by atoms with van der Waals surface area (Å²) in [6.07, 6.45) is 2.40. The van der Waals surface area contributed by atoms with E-state index in [-0.39, 0.29) is 5.97 Å². The molecule has 0 atom stereocenters. The molecule has 0 fully saturated rings. The van der Waals surface area contributed by atoms with Gasteiger partial charge >= 0.3 is 5.97 Å². The molecule has 0 aliphatic rings. The number of hydrogen-bond acceptors (Lipinski definition) is 3. The molecule has 3 heteroatoms. The number of esters is 1. The van der Waals surface area contributed by atoms with E-state index >= 15 is 0 Å². The van der Waals surface area contributed by atoms with E-state index < -0.39 is 0 Å². The van der Waals surface area contributed by atoms with Gasteiger partial charge in [0.05, 0.1) is 6.61 Å². The van der Waals surface area contributed by atoms with Crippen LogP contribution in [-0.4, -0.2) is 17.6 Å². The topological polar surface area (TPSA) is 39.2 Å². The molecular formula is C9H11NO2. The Balaban J connectivity index is 2.54. The van der Waals surface area contributed by atoms with Gasteiger partial charge in [-0.2, -0.15) is 0 Å². The third kappa shape index (κ3) is 2.34. The Hall–Kier alpha value is -1.38. The first-order valence-electron chi connectivity index (χ1n) is 3.92. The molecule has 0 aliphatic heterocycles. The molecule has 0 radical (unpaired) electrons. The van der Waals surface area contributed by atoms with E-state index in [9.17, 15) is 4.79 Å². The largest absolute Gasteiger partial charge is 0.461 e. The van der Waals surface area contributed by atoms with E-state index in [1.807, 2.05) is 6.92 Å². The van der Waals surface area contributed by atoms with E-state index in [1.165, 1.54) is 0 Å². The van der Waals surface area contributed by atoms with Crippen molar-refractivity contribution in [2.45, 2.75) is 13.3 Å². The van der Waals surface area contributed by atoms with E-state index in [4.69, 9.17) is 4.74 Å². The summed E-state index contributed by atoms with van der Waals surface area (Å²) in [5.74, 6) is -0.350. The maximum Gasteiger partial charge on any atom is 0.356 e. The van der Waals surface area contributed by atoms with Crippen molar-refractivity contribution in [2.75, 3.05) is 6.61 Å². The SMILES string of the molecule is CCCOC(=O)c1ccccn1. The maximum absolute atomic E-state index is 11.1. The lowest BCUT2D eigenvalue weighted by Gasteiger charge is -2.00. The molecule has 0 spiro atoms. The second-order valence-corrected chi connectivity index (χ2v) is 2.35. The Morgan fingerprint density at radius 2 is 2.42 bits per heavy atom. The fourth-order valence-corrected chi connectivity index (χ4v) is 0.752. The molecule has 1 rings (SSSR count). The van der Waals surface area contributed by atoms with Crippen LogP contribution in [0, 0.1) is 0 Å². The second kappa shape index (κ2) is 4.49. The molecule has 1 heterocycles. The van der Waals surface area contributed by atoms with Gasteiger partial charge in [0.15, 0.2) is 0 Å². The smallest absolute Gasteiger partial charge is 0.356 e. The molecule has 0 saturated carbocycles. The molecule has 3 nitrogen and oxygen atoms in total. The number of pyridine rings is 1. The van der Waals surface area contributed by atoms with Crippen molar-refractivity contribution in [3.63, 3.8) is 0 Å². The van der Waals surface area contributed by atoms with Crippen LogP contribution in [0.5, 0.6) is 0 Å². The van der Waals surface area contributed by atoms with Crippen molar-refractivity contribution in [1.29, 1.82) is 0 Å². The van der Waals surface area contributed by atoms with Gasteiger partial charge in [-0.05, 0) is 18.6 Å². The van der Waals surface area contributed by atoms with Gasteiger partial charge in [-0.15, -0.1) is 0 Å². The van der Waals surface area contributed by atoms with Crippen molar-refractivity contribution in [3.8, 4) is 0 Å². The van der Waals surface area contributed by atoms with Crippen molar-refractivity contribution in [1.82, 2.24) is 4.98 Å². The molecule has 0 bridgehead atoms. The van der Waals surface area contributed by atoms with Crippen molar-refractivity contribution >= 4 is 5.97 Å². The monoisotopic (exact) mass is 165 g/mol. The molecule has 0 amide bonds. The van der Waals surface area contributed by atoms with Crippen LogP contribution in [-0.2, 0) is 4.74 Å². The lowest BCUT2D eigenvalue weighted by atomic mass is 10.3. The van der Waals surface area contributed by atoms with Crippen molar-refractivity contribution < 1.29 is 9.53 Å². The van der Waals surface area contributed by atoms with Crippen LogP contribution in [0.3, 0.4) is 0 Å². The lowest BCUT2D eigenvalue weighted by Crippen LogP contribution is -2.07. The summed E-state index contributed by atoms with van der Waals surface area (Å²) in [4.78, 5) is 15.0. The highest BCUT2D eigenvalue weighted by atomic mass is 16.5. The number of nitrogens with zero attached hydrogens (tertiary/aromatic N) is 1. The van der Waals surface area contributed by atoms with Gasteiger partial charge in [-0.25, -0.2) is 9.78 Å². The average Bonchev–Trinajstić information content (AvgIpc) is 2.15. The molecule has 0 aliphatic carbocycles. The highest BCUT2D eigenvalue weighted by Crippen LogP contribution is 1.96. The van der Waals surface area contributed by atoms with Gasteiger partial charge in [0.2, 0.25) is 0 Å². The molecule has 64 valence electrons. The number of carbonyl (C=O) groups excluding carboxylic acids is 1. The van der Waals surface area contributed by atoms with Crippen LogP contribution >= 0.6 is 0 Å². The highest BCUT2D eigenvalue weighted by molar-refractivity contribution is 5.86.